The van der Waals surface area contributed by atoms with Crippen LogP contribution in [0.25, 0.3) is 5.65 Å². The molecule has 9 nitrogen and oxygen atoms in total. The summed E-state index contributed by atoms with van der Waals surface area (Å²) in [5.41, 5.74) is 2.68. The summed E-state index contributed by atoms with van der Waals surface area (Å²) in [7, 11) is -0.418. The van der Waals surface area contributed by atoms with Crippen LogP contribution in [0.15, 0.2) is 41.4 Å². The lowest BCUT2D eigenvalue weighted by Gasteiger charge is -2.30. The van der Waals surface area contributed by atoms with E-state index in [2.05, 4.69) is 41.8 Å². The van der Waals surface area contributed by atoms with Gasteiger partial charge in [0.2, 0.25) is 10.0 Å². The van der Waals surface area contributed by atoms with E-state index < -0.39 is 10.0 Å². The fourth-order valence-electron chi connectivity index (χ4n) is 4.56. The van der Waals surface area contributed by atoms with Crippen molar-refractivity contribution < 1.29 is 8.42 Å². The highest BCUT2D eigenvalue weighted by atomic mass is 32.2. The van der Waals surface area contributed by atoms with E-state index in [9.17, 15) is 8.42 Å². The molecule has 1 aromatic carbocycles. The van der Waals surface area contributed by atoms with E-state index in [1.807, 2.05) is 16.8 Å². The number of benzene rings is 1. The lowest BCUT2D eigenvalue weighted by atomic mass is 9.91. The molecule has 0 spiro atoms. The molecule has 10 heteroatoms. The minimum absolute atomic E-state index is 0.254. The smallest absolute Gasteiger partial charge is 0.242 e. The third kappa shape index (κ3) is 5.60. The zero-order valence-electron chi connectivity index (χ0n) is 21.2. The standard InChI is InChI=1S/C25H37N7O2S/c1-6-26-18-7-9-19(10-8-18)28-23-15-24(32-25(30-23)22(16-27-32)17(2)3)29-20-11-13-21(14-12-20)35(33,34)31(4)5/h11-19,26,29H,6-10H2,1-5H3,(H,28,30)/t18-,19-. The van der Waals surface area contributed by atoms with Gasteiger partial charge >= 0.3 is 0 Å². The van der Waals surface area contributed by atoms with Crippen LogP contribution in [0.4, 0.5) is 17.3 Å². The molecular weight excluding hydrogens is 462 g/mol. The summed E-state index contributed by atoms with van der Waals surface area (Å²) < 4.78 is 27.8. The summed E-state index contributed by atoms with van der Waals surface area (Å²) in [6.07, 6.45) is 6.39. The highest BCUT2D eigenvalue weighted by Gasteiger charge is 2.22. The first-order valence-electron chi connectivity index (χ1n) is 12.4. The minimum Gasteiger partial charge on any atom is -0.367 e. The van der Waals surface area contributed by atoms with E-state index in [1.165, 1.54) is 18.4 Å². The number of fused-ring (bicyclic) bond motifs is 1. The molecule has 4 rings (SSSR count). The normalized spacial score (nSPS) is 18.9. The predicted molar refractivity (Wildman–Crippen MR) is 141 cm³/mol. The van der Waals surface area contributed by atoms with Gasteiger partial charge in [-0.2, -0.15) is 9.61 Å². The van der Waals surface area contributed by atoms with E-state index in [0.717, 1.165) is 60.8 Å². The monoisotopic (exact) mass is 499 g/mol. The van der Waals surface area contributed by atoms with Crippen LogP contribution in [0, 0.1) is 0 Å². The molecule has 0 amide bonds. The van der Waals surface area contributed by atoms with Gasteiger partial charge in [-0.25, -0.2) is 17.7 Å². The topological polar surface area (TPSA) is 104 Å². The molecule has 35 heavy (non-hydrogen) atoms. The maximum atomic E-state index is 12.4. The van der Waals surface area contributed by atoms with Gasteiger partial charge < -0.3 is 16.0 Å². The Bertz CT molecular complexity index is 1240. The molecule has 0 radical (unpaired) electrons. The molecule has 2 heterocycles. The maximum absolute atomic E-state index is 12.4. The zero-order chi connectivity index (χ0) is 25.2. The van der Waals surface area contributed by atoms with Crippen LogP contribution < -0.4 is 16.0 Å². The van der Waals surface area contributed by atoms with E-state index in [1.54, 1.807) is 24.3 Å². The van der Waals surface area contributed by atoms with Gasteiger partial charge in [0.25, 0.3) is 0 Å². The molecule has 0 bridgehead atoms. The van der Waals surface area contributed by atoms with Gasteiger partial charge in [0.1, 0.15) is 11.6 Å². The van der Waals surface area contributed by atoms with Gasteiger partial charge in [-0.3, -0.25) is 0 Å². The molecule has 3 aromatic rings. The summed E-state index contributed by atoms with van der Waals surface area (Å²) in [5, 5.41) is 15.2. The fraction of sp³-hybridized carbons (Fsp3) is 0.520. The number of aromatic nitrogens is 3. The second-order valence-electron chi connectivity index (χ2n) is 9.70. The maximum Gasteiger partial charge on any atom is 0.242 e. The molecule has 1 fully saturated rings. The molecule has 0 saturated heterocycles. The minimum atomic E-state index is -3.47. The van der Waals surface area contributed by atoms with E-state index in [-0.39, 0.29) is 10.8 Å². The number of sulfonamides is 1. The quantitative estimate of drug-likeness (QED) is 0.406. The Morgan fingerprint density at radius 2 is 1.74 bits per heavy atom. The molecule has 190 valence electrons. The number of hydrogen-bond acceptors (Lipinski definition) is 7. The van der Waals surface area contributed by atoms with Crippen molar-refractivity contribution in [3.8, 4) is 0 Å². The SMILES string of the molecule is CCN[C@H]1CC[C@H](Nc2cc(Nc3ccc(S(=O)(=O)N(C)C)cc3)n3ncc(C(C)C)c3n2)CC1. The van der Waals surface area contributed by atoms with Gasteiger partial charge in [0.15, 0.2) is 5.65 Å². The lowest BCUT2D eigenvalue weighted by molar-refractivity contribution is 0.359. The van der Waals surface area contributed by atoms with Crippen LogP contribution in [0.3, 0.4) is 0 Å². The Balaban J connectivity index is 1.61. The number of hydrogen-bond donors (Lipinski definition) is 3. The van der Waals surface area contributed by atoms with Gasteiger partial charge in [-0.15, -0.1) is 0 Å². The first-order valence-corrected chi connectivity index (χ1v) is 13.8. The second kappa shape index (κ2) is 10.5. The van der Waals surface area contributed by atoms with Crippen LogP contribution in [0.5, 0.6) is 0 Å². The van der Waals surface area contributed by atoms with Crippen molar-refractivity contribution >= 4 is 33.0 Å². The van der Waals surface area contributed by atoms with Gasteiger partial charge in [-0.05, 0) is 62.4 Å². The number of nitrogens with one attached hydrogen (secondary N) is 3. The van der Waals surface area contributed by atoms with E-state index >= 15 is 0 Å². The first kappa shape index (κ1) is 25.4. The van der Waals surface area contributed by atoms with Crippen molar-refractivity contribution in [1.29, 1.82) is 0 Å². The highest BCUT2D eigenvalue weighted by molar-refractivity contribution is 7.89. The Morgan fingerprint density at radius 3 is 2.34 bits per heavy atom. The largest absolute Gasteiger partial charge is 0.367 e. The third-order valence-corrected chi connectivity index (χ3v) is 8.43. The first-order chi connectivity index (χ1) is 16.7. The lowest BCUT2D eigenvalue weighted by Crippen LogP contribution is -2.36. The fourth-order valence-corrected chi connectivity index (χ4v) is 5.46. The zero-order valence-corrected chi connectivity index (χ0v) is 22.1. The average molecular weight is 500 g/mol. The molecule has 1 aliphatic rings. The Labute approximate surface area is 208 Å². The number of rotatable bonds is 9. The van der Waals surface area contributed by atoms with Gasteiger partial charge in [0.05, 0.1) is 11.1 Å². The Morgan fingerprint density at radius 1 is 1.09 bits per heavy atom. The summed E-state index contributed by atoms with van der Waals surface area (Å²) in [4.78, 5) is 5.18. The molecule has 1 aliphatic carbocycles. The van der Waals surface area contributed by atoms with Crippen molar-refractivity contribution in [3.63, 3.8) is 0 Å². The Hall–Kier alpha value is -2.69. The third-order valence-electron chi connectivity index (χ3n) is 6.60. The summed E-state index contributed by atoms with van der Waals surface area (Å²) in [6, 6.07) is 9.72. The summed E-state index contributed by atoms with van der Waals surface area (Å²) in [6.45, 7) is 7.44. The summed E-state index contributed by atoms with van der Waals surface area (Å²) in [5.74, 6) is 1.88. The second-order valence-corrected chi connectivity index (χ2v) is 11.9. The van der Waals surface area contributed by atoms with Crippen molar-refractivity contribution in [1.82, 2.24) is 24.2 Å². The molecule has 3 N–H and O–H groups in total. The van der Waals surface area contributed by atoms with Gasteiger partial charge in [-0.1, -0.05) is 20.8 Å². The van der Waals surface area contributed by atoms with Crippen LogP contribution in [-0.2, 0) is 10.0 Å². The molecule has 0 aliphatic heterocycles. The van der Waals surface area contributed by atoms with Crippen molar-refractivity contribution in [3.05, 3.63) is 42.1 Å². The molecule has 2 aromatic heterocycles. The van der Waals surface area contributed by atoms with Crippen molar-refractivity contribution in [2.75, 3.05) is 31.3 Å². The predicted octanol–water partition coefficient (Wildman–Crippen LogP) is 4.18. The van der Waals surface area contributed by atoms with Crippen molar-refractivity contribution in [2.45, 2.75) is 69.4 Å². The number of nitrogens with zero attached hydrogens (tertiary/aromatic N) is 4. The highest BCUT2D eigenvalue weighted by Crippen LogP contribution is 2.28. The van der Waals surface area contributed by atoms with Crippen molar-refractivity contribution in [2.24, 2.45) is 0 Å². The molecule has 0 atom stereocenters. The average Bonchev–Trinajstić information content (AvgIpc) is 3.25. The molecular formula is C25H37N7O2S. The van der Waals surface area contributed by atoms with Gasteiger partial charge in [0, 0.05) is 43.5 Å². The van der Waals surface area contributed by atoms with E-state index in [4.69, 9.17) is 4.98 Å². The number of anilines is 3. The molecule has 1 saturated carbocycles. The van der Waals surface area contributed by atoms with Crippen LogP contribution in [0.1, 0.15) is 57.9 Å². The van der Waals surface area contributed by atoms with Crippen LogP contribution in [0.2, 0.25) is 0 Å². The Kier molecular flexibility index (Phi) is 7.63. The van der Waals surface area contributed by atoms with Crippen LogP contribution >= 0.6 is 0 Å². The summed E-state index contributed by atoms with van der Waals surface area (Å²) >= 11 is 0. The van der Waals surface area contributed by atoms with E-state index in [0.29, 0.717) is 12.1 Å². The van der Waals surface area contributed by atoms with Crippen LogP contribution in [-0.4, -0.2) is 60.0 Å². The molecule has 0 unspecified atom stereocenters.